The normalized spacial score (nSPS) is 18.8. The zero-order chi connectivity index (χ0) is 13.1. The molecule has 1 atom stereocenters. The van der Waals surface area contributed by atoms with Gasteiger partial charge in [0.25, 0.3) is 5.91 Å². The highest BCUT2D eigenvalue weighted by molar-refractivity contribution is 5.95. The number of anilines is 1. The van der Waals surface area contributed by atoms with Gasteiger partial charge in [-0.25, -0.2) is 0 Å². The Kier molecular flexibility index (Phi) is 3.65. The van der Waals surface area contributed by atoms with Crippen molar-refractivity contribution in [3.63, 3.8) is 0 Å². The van der Waals surface area contributed by atoms with Crippen LogP contribution in [0.5, 0.6) is 0 Å². The third-order valence-electron chi connectivity index (χ3n) is 3.27. The Balaban J connectivity index is 2.09. The molecule has 0 radical (unpaired) electrons. The van der Waals surface area contributed by atoms with Crippen LogP contribution in [0, 0.1) is 0 Å². The minimum absolute atomic E-state index is 0.0781. The van der Waals surface area contributed by atoms with Crippen LogP contribution in [0.1, 0.15) is 37.0 Å². The fourth-order valence-electron chi connectivity index (χ4n) is 2.30. The molecule has 1 unspecified atom stereocenters. The largest absolute Gasteiger partial charge is 0.336 e. The van der Waals surface area contributed by atoms with E-state index in [0.29, 0.717) is 17.3 Å². The molecule has 0 aromatic heterocycles. The molecule has 2 amide bonds. The molecule has 1 N–H and O–H groups in total. The maximum Gasteiger partial charge on any atom is 0.254 e. The summed E-state index contributed by atoms with van der Waals surface area (Å²) in [5.41, 5.74) is 1.39. The lowest BCUT2D eigenvalue weighted by Gasteiger charge is -2.21. The molecular formula is C14H18N2O2. The molecule has 1 fully saturated rings. The van der Waals surface area contributed by atoms with Crippen LogP contribution in [0.3, 0.4) is 0 Å². The Bertz CT molecular complexity index is 453. The van der Waals surface area contributed by atoms with Gasteiger partial charge in [-0.05, 0) is 44.0 Å². The number of amides is 2. The van der Waals surface area contributed by atoms with Gasteiger partial charge in [0.2, 0.25) is 5.91 Å². The third kappa shape index (κ3) is 2.70. The van der Waals surface area contributed by atoms with Gasteiger partial charge in [0, 0.05) is 30.8 Å². The summed E-state index contributed by atoms with van der Waals surface area (Å²) in [5, 5.41) is 2.69. The highest BCUT2D eigenvalue weighted by Crippen LogP contribution is 2.20. The number of hydrogen-bond acceptors (Lipinski definition) is 2. The molecular weight excluding hydrogens is 228 g/mol. The average Bonchev–Trinajstić information content (AvgIpc) is 2.75. The quantitative estimate of drug-likeness (QED) is 0.870. The third-order valence-corrected chi connectivity index (χ3v) is 3.27. The van der Waals surface area contributed by atoms with Crippen molar-refractivity contribution in [3.8, 4) is 0 Å². The van der Waals surface area contributed by atoms with E-state index in [0.717, 1.165) is 19.4 Å². The monoisotopic (exact) mass is 246 g/mol. The van der Waals surface area contributed by atoms with Gasteiger partial charge in [0.15, 0.2) is 0 Å². The number of nitrogens with one attached hydrogen (secondary N) is 1. The van der Waals surface area contributed by atoms with E-state index in [1.807, 2.05) is 4.90 Å². The van der Waals surface area contributed by atoms with E-state index in [1.54, 1.807) is 24.3 Å². The summed E-state index contributed by atoms with van der Waals surface area (Å²) in [4.78, 5) is 25.0. The zero-order valence-electron chi connectivity index (χ0n) is 10.8. The summed E-state index contributed by atoms with van der Waals surface area (Å²) < 4.78 is 0. The SMILES string of the molecule is CC(=O)Nc1ccc(C(=O)N2CCCC2C)cc1. The molecule has 0 bridgehead atoms. The predicted molar refractivity (Wildman–Crippen MR) is 70.5 cm³/mol. The number of carbonyl (C=O) groups is 2. The summed E-state index contributed by atoms with van der Waals surface area (Å²) >= 11 is 0. The van der Waals surface area contributed by atoms with Crippen molar-refractivity contribution in [2.75, 3.05) is 11.9 Å². The van der Waals surface area contributed by atoms with E-state index < -0.39 is 0 Å². The predicted octanol–water partition coefficient (Wildman–Crippen LogP) is 2.27. The van der Waals surface area contributed by atoms with E-state index in [1.165, 1.54) is 6.92 Å². The fraction of sp³-hybridized carbons (Fsp3) is 0.429. The summed E-state index contributed by atoms with van der Waals surface area (Å²) in [7, 11) is 0. The molecule has 1 aromatic carbocycles. The highest BCUT2D eigenvalue weighted by atomic mass is 16.2. The number of rotatable bonds is 2. The van der Waals surface area contributed by atoms with Gasteiger partial charge in [0.05, 0.1) is 0 Å². The number of likely N-dealkylation sites (tertiary alicyclic amines) is 1. The zero-order valence-corrected chi connectivity index (χ0v) is 10.8. The van der Waals surface area contributed by atoms with E-state index in [9.17, 15) is 9.59 Å². The number of benzene rings is 1. The van der Waals surface area contributed by atoms with Crippen LogP contribution in [0.25, 0.3) is 0 Å². The molecule has 1 aliphatic heterocycles. The van der Waals surface area contributed by atoms with Crippen molar-refractivity contribution < 1.29 is 9.59 Å². The molecule has 2 rings (SSSR count). The van der Waals surface area contributed by atoms with Crippen LogP contribution in [0.4, 0.5) is 5.69 Å². The van der Waals surface area contributed by atoms with Gasteiger partial charge in [-0.2, -0.15) is 0 Å². The van der Waals surface area contributed by atoms with Crippen LogP contribution in [0.15, 0.2) is 24.3 Å². The Morgan fingerprint density at radius 2 is 1.94 bits per heavy atom. The Labute approximate surface area is 107 Å². The van der Waals surface area contributed by atoms with Crippen molar-refractivity contribution in [1.29, 1.82) is 0 Å². The summed E-state index contributed by atoms with van der Waals surface area (Å²) in [6.45, 7) is 4.38. The average molecular weight is 246 g/mol. The van der Waals surface area contributed by atoms with Crippen molar-refractivity contribution >= 4 is 17.5 Å². The molecule has 1 aliphatic rings. The number of carbonyl (C=O) groups excluding carboxylic acids is 2. The van der Waals surface area contributed by atoms with Gasteiger partial charge in [-0.3, -0.25) is 9.59 Å². The molecule has 0 saturated carbocycles. The number of nitrogens with zero attached hydrogens (tertiary/aromatic N) is 1. The van der Waals surface area contributed by atoms with Crippen LogP contribution in [-0.2, 0) is 4.79 Å². The Morgan fingerprint density at radius 1 is 1.28 bits per heavy atom. The van der Waals surface area contributed by atoms with Crippen LogP contribution < -0.4 is 5.32 Å². The second kappa shape index (κ2) is 5.21. The first-order valence-electron chi connectivity index (χ1n) is 6.26. The van der Waals surface area contributed by atoms with Crippen LogP contribution >= 0.6 is 0 Å². The van der Waals surface area contributed by atoms with E-state index in [4.69, 9.17) is 0 Å². The first-order chi connectivity index (χ1) is 8.58. The maximum absolute atomic E-state index is 12.2. The molecule has 18 heavy (non-hydrogen) atoms. The summed E-state index contributed by atoms with van der Waals surface area (Å²) in [6.07, 6.45) is 2.16. The lowest BCUT2D eigenvalue weighted by molar-refractivity contribution is -0.114. The van der Waals surface area contributed by atoms with Crippen molar-refractivity contribution in [2.24, 2.45) is 0 Å². The second-order valence-corrected chi connectivity index (χ2v) is 4.75. The molecule has 0 spiro atoms. The topological polar surface area (TPSA) is 49.4 Å². The van der Waals surface area contributed by atoms with Crippen molar-refractivity contribution in [3.05, 3.63) is 29.8 Å². The van der Waals surface area contributed by atoms with Gasteiger partial charge in [-0.15, -0.1) is 0 Å². The minimum Gasteiger partial charge on any atom is -0.336 e. The van der Waals surface area contributed by atoms with E-state index >= 15 is 0 Å². The lowest BCUT2D eigenvalue weighted by Crippen LogP contribution is -2.33. The summed E-state index contributed by atoms with van der Waals surface area (Å²) in [6, 6.07) is 7.37. The van der Waals surface area contributed by atoms with Crippen LogP contribution in [0.2, 0.25) is 0 Å². The fourth-order valence-corrected chi connectivity index (χ4v) is 2.30. The number of hydrogen-bond donors (Lipinski definition) is 1. The molecule has 4 nitrogen and oxygen atoms in total. The molecule has 4 heteroatoms. The maximum atomic E-state index is 12.2. The van der Waals surface area contributed by atoms with E-state index in [2.05, 4.69) is 12.2 Å². The van der Waals surface area contributed by atoms with Crippen molar-refractivity contribution in [1.82, 2.24) is 4.90 Å². The Hall–Kier alpha value is -1.84. The van der Waals surface area contributed by atoms with Gasteiger partial charge >= 0.3 is 0 Å². The van der Waals surface area contributed by atoms with Gasteiger partial charge in [-0.1, -0.05) is 0 Å². The molecule has 0 aliphatic carbocycles. The molecule has 1 heterocycles. The van der Waals surface area contributed by atoms with Crippen LogP contribution in [-0.4, -0.2) is 29.3 Å². The highest BCUT2D eigenvalue weighted by Gasteiger charge is 2.25. The first kappa shape index (κ1) is 12.6. The van der Waals surface area contributed by atoms with Gasteiger partial charge < -0.3 is 10.2 Å². The molecule has 1 aromatic rings. The lowest BCUT2D eigenvalue weighted by atomic mass is 10.1. The molecule has 96 valence electrons. The second-order valence-electron chi connectivity index (χ2n) is 4.75. The first-order valence-corrected chi connectivity index (χ1v) is 6.26. The smallest absolute Gasteiger partial charge is 0.254 e. The van der Waals surface area contributed by atoms with Gasteiger partial charge in [0.1, 0.15) is 0 Å². The van der Waals surface area contributed by atoms with Crippen molar-refractivity contribution in [2.45, 2.75) is 32.7 Å². The standard InChI is InChI=1S/C14H18N2O2/c1-10-4-3-9-16(10)14(18)12-5-7-13(8-6-12)15-11(2)17/h5-8,10H,3-4,9H2,1-2H3,(H,15,17). The minimum atomic E-state index is -0.109. The summed E-state index contributed by atoms with van der Waals surface area (Å²) in [5.74, 6) is -0.0309. The molecule has 1 saturated heterocycles. The Morgan fingerprint density at radius 3 is 2.44 bits per heavy atom. The van der Waals surface area contributed by atoms with E-state index in [-0.39, 0.29) is 11.8 Å².